The summed E-state index contributed by atoms with van der Waals surface area (Å²) in [6, 6.07) is 52.8. The average Bonchev–Trinajstić information content (AvgIpc) is 1.71. The molecule has 0 aliphatic carbocycles. The SMILES string of the molecule is CC(C)(C)c1cc(CCO)cc(-n2nc3cccnc3n2)c1O.CC(C)c1cc(CCO)cc(-n2nc3cccnc3n2)c1O.Cc1cc(CCO)cc(-n2nc3cccnc3n2)c1O.Cc1cc(CCO)cc(-n2nc3cccnc3n2)c1O.O=Cc1cc(CCO)cc(-n2nc3cccnc3n2)c1O.OCCc1ccc(O)c(-n2nc3cccnc3n2)c1.OCc1ccc(O)c(-n2nc3cccnc3n2)c1. The minimum atomic E-state index is -0.241. The molecule has 0 amide bonds. The highest BCUT2D eigenvalue weighted by Gasteiger charge is 2.26. The molecule has 21 aromatic rings. The van der Waals surface area contributed by atoms with Gasteiger partial charge in [0.15, 0.2) is 12.0 Å². The van der Waals surface area contributed by atoms with Crippen LogP contribution in [-0.2, 0) is 50.5 Å². The van der Waals surface area contributed by atoms with E-state index in [4.69, 9.17) is 25.5 Å². The molecule has 14 N–H and O–H groups in total. The molecule has 0 aliphatic rings. The van der Waals surface area contributed by atoms with Gasteiger partial charge in [0.05, 0.1) is 12.2 Å². The predicted molar refractivity (Wildman–Crippen MR) is 527 cm³/mol. The van der Waals surface area contributed by atoms with E-state index in [-0.39, 0.29) is 109 Å². The lowest BCUT2D eigenvalue weighted by atomic mass is 9.84. The van der Waals surface area contributed by atoms with Gasteiger partial charge in [0.25, 0.3) is 0 Å². The highest BCUT2D eigenvalue weighted by Crippen LogP contribution is 2.39. The summed E-state index contributed by atoms with van der Waals surface area (Å²) in [5.74, 6) is 0.664. The molecular formula is C100H100N28O15. The molecule has 0 saturated carbocycles. The standard InChI is InChI=1S/C17H20N4O2.C16H18N4O2.C14H12N4O3.2C14H14N4O2.C13H12N4O2.C12H10N4O2/c1-17(2,3)12-9-11(6-8-22)10-14(15(12)23)21-19-13-5-4-7-18-16(13)20-21;1-10(2)12-8-11(5-7-21)9-14(15(12)22)20-18-13-4-3-6-17-16(13)19-20;19-5-3-9-6-10(8-20)13(21)12(7-9)18-16-11-2-1-4-15-14(11)17-18;2*1-9-7-10(4-6-19)8-12(13(9)20)18-16-11-3-2-5-15-14(11)17-18;18-7-5-9-3-4-12(19)11(8-9)17-15-10-2-1-6-14-13(10)16-17;17-7-8-3-4-11(18)10(6-8)16-14-9-2-1-5-13-12(9)15-16/h4-5,7,9-10,22-23H,6,8H2,1-3H3;3-4,6,8-10,21-22H,5,7H2,1-2H3;1-2,4,6-8,19,21H,3,5H2;2*2-3,5,7-8,19-20H,4,6H2,1H3;1-4,6,8,18-19H,5,7H2;1-6,17-18H,7H2. The van der Waals surface area contributed by atoms with E-state index in [0.29, 0.717) is 168 Å². The Kier molecular flexibility index (Phi) is 31.6. The summed E-state index contributed by atoms with van der Waals surface area (Å²) in [6.07, 6.45) is 15.0. The van der Waals surface area contributed by atoms with Crippen molar-refractivity contribution in [1.29, 1.82) is 0 Å². The Bertz CT molecular complexity index is 7690. The molecule has 14 aromatic heterocycles. The Balaban J connectivity index is 0.000000126. The maximum atomic E-state index is 11.1. The second-order valence-corrected chi connectivity index (χ2v) is 33.7. The van der Waals surface area contributed by atoms with E-state index < -0.39 is 0 Å². The van der Waals surface area contributed by atoms with Crippen LogP contribution >= 0.6 is 0 Å². The summed E-state index contributed by atoms with van der Waals surface area (Å²) in [5.41, 5.74) is 20.2. The Morgan fingerprint density at radius 3 is 0.818 bits per heavy atom. The molecule has 14 heterocycles. The quantitative estimate of drug-likeness (QED) is 0.0280. The number of carbonyl (C=O) groups excluding carboxylic acids is 1. The van der Waals surface area contributed by atoms with Gasteiger partial charge in [-0.3, -0.25) is 4.79 Å². The molecule has 0 spiro atoms. The van der Waals surface area contributed by atoms with Crippen molar-refractivity contribution in [2.75, 3.05) is 39.6 Å². The van der Waals surface area contributed by atoms with Gasteiger partial charge in [-0.25, -0.2) is 34.9 Å². The fourth-order valence-electron chi connectivity index (χ4n) is 14.9. The Morgan fingerprint density at radius 2 is 0.531 bits per heavy atom. The first-order valence-electron chi connectivity index (χ1n) is 45.0. The van der Waals surface area contributed by atoms with Crippen molar-refractivity contribution < 1.29 is 76.3 Å². The molecule has 43 heteroatoms. The highest BCUT2D eigenvalue weighted by atomic mass is 16.3. The highest BCUT2D eigenvalue weighted by molar-refractivity contribution is 5.83. The van der Waals surface area contributed by atoms with E-state index in [1.807, 2.05) is 83.1 Å². The molecule has 0 radical (unpaired) electrons. The lowest BCUT2D eigenvalue weighted by Gasteiger charge is -2.23. The minimum absolute atomic E-state index is 0.0455. The number of nitrogens with zero attached hydrogens (tertiary/aromatic N) is 28. The number of fused-ring (bicyclic) bond motifs is 7. The smallest absolute Gasteiger partial charge is 0.202 e. The lowest BCUT2D eigenvalue weighted by Crippen LogP contribution is -2.14. The molecule has 43 nitrogen and oxygen atoms in total. The van der Waals surface area contributed by atoms with Crippen molar-refractivity contribution in [3.63, 3.8) is 0 Å². The number of aliphatic hydroxyl groups is 7. The summed E-state index contributed by atoms with van der Waals surface area (Å²) >= 11 is 0. The molecule has 0 fully saturated rings. The first-order chi connectivity index (χ1) is 69.1. The topological polar surface area (TPSA) is 605 Å². The van der Waals surface area contributed by atoms with Gasteiger partial charge in [-0.15, -0.1) is 105 Å². The van der Waals surface area contributed by atoms with Gasteiger partial charge in [-0.2, -0.15) is 0 Å². The number of phenols is 7. The number of aromatic hydroxyl groups is 7. The van der Waals surface area contributed by atoms with Gasteiger partial charge in [0, 0.05) is 88.6 Å². The van der Waals surface area contributed by atoms with Crippen LogP contribution in [0, 0.1) is 13.8 Å². The van der Waals surface area contributed by atoms with E-state index in [1.165, 1.54) is 45.7 Å². The van der Waals surface area contributed by atoms with E-state index >= 15 is 0 Å². The van der Waals surface area contributed by atoms with Crippen molar-refractivity contribution >= 4 is 84.4 Å². The summed E-state index contributed by atoms with van der Waals surface area (Å²) in [4.78, 5) is 49.3. The molecule has 21 rings (SSSR count). The number of aryl methyl sites for hydroxylation is 2. The summed E-state index contributed by atoms with van der Waals surface area (Å²) < 4.78 is 0. The summed E-state index contributed by atoms with van der Waals surface area (Å²) in [7, 11) is 0. The third-order valence-electron chi connectivity index (χ3n) is 22.0. The zero-order valence-electron chi connectivity index (χ0n) is 78.4. The molecule has 0 atom stereocenters. The molecule has 7 aromatic carbocycles. The van der Waals surface area contributed by atoms with Crippen molar-refractivity contribution in [3.8, 4) is 80.1 Å². The number of pyridine rings is 7. The number of hydrogen-bond acceptors (Lipinski definition) is 36. The monoisotopic (exact) mass is 1930 g/mol. The van der Waals surface area contributed by atoms with Gasteiger partial charge >= 0.3 is 0 Å². The van der Waals surface area contributed by atoms with E-state index in [2.05, 4.69) is 106 Å². The first kappa shape index (κ1) is 99.8. The van der Waals surface area contributed by atoms with Gasteiger partial charge in [-0.05, 0) is 265 Å². The second-order valence-electron chi connectivity index (χ2n) is 33.7. The van der Waals surface area contributed by atoms with Gasteiger partial charge in [0.1, 0.15) is 113 Å². The predicted octanol–water partition coefficient (Wildman–Crippen LogP) is 10.2. The summed E-state index contributed by atoms with van der Waals surface area (Å²) in [5, 5.41) is 195. The van der Waals surface area contributed by atoms with E-state index in [9.17, 15) is 50.8 Å². The van der Waals surface area contributed by atoms with Crippen molar-refractivity contribution in [2.24, 2.45) is 0 Å². The fourth-order valence-corrected chi connectivity index (χ4v) is 14.9. The molecule has 0 saturated heterocycles. The van der Waals surface area contributed by atoms with Gasteiger partial charge in [-0.1, -0.05) is 71.0 Å². The molecule has 0 aliphatic heterocycles. The van der Waals surface area contributed by atoms with Crippen LogP contribution in [0.4, 0.5) is 0 Å². The molecular weight excluding hydrogens is 1830 g/mol. The van der Waals surface area contributed by atoms with Crippen molar-refractivity contribution in [3.05, 3.63) is 292 Å². The average molecular weight is 1930 g/mol. The number of phenolic OH excluding ortho intramolecular Hbond substituents is 7. The molecule has 0 bridgehead atoms. The van der Waals surface area contributed by atoms with E-state index in [0.717, 1.165) is 50.1 Å². The van der Waals surface area contributed by atoms with E-state index in [1.54, 1.807) is 179 Å². The largest absolute Gasteiger partial charge is 0.506 e. The van der Waals surface area contributed by atoms with Gasteiger partial charge < -0.3 is 71.5 Å². The maximum Gasteiger partial charge on any atom is 0.202 e. The zero-order chi connectivity index (χ0) is 101. The van der Waals surface area contributed by atoms with Crippen LogP contribution in [0.1, 0.15) is 112 Å². The Hall–Kier alpha value is -17.6. The number of rotatable bonds is 22. The van der Waals surface area contributed by atoms with Crippen LogP contribution in [0.15, 0.2) is 225 Å². The molecule has 730 valence electrons. The first-order valence-corrected chi connectivity index (χ1v) is 45.0. The zero-order valence-corrected chi connectivity index (χ0v) is 78.4. The number of benzene rings is 7. The summed E-state index contributed by atoms with van der Waals surface area (Å²) in [6.45, 7) is 13.8. The van der Waals surface area contributed by atoms with Crippen LogP contribution < -0.4 is 0 Å². The lowest BCUT2D eigenvalue weighted by molar-refractivity contribution is 0.112. The van der Waals surface area contributed by atoms with Crippen LogP contribution in [0.2, 0.25) is 0 Å². The number of hydrogen-bond donors (Lipinski definition) is 14. The maximum absolute atomic E-state index is 11.1. The number of carbonyl (C=O) groups is 1. The Morgan fingerprint density at radius 1 is 0.280 bits per heavy atom. The van der Waals surface area contributed by atoms with Crippen LogP contribution in [0.5, 0.6) is 40.2 Å². The van der Waals surface area contributed by atoms with Crippen LogP contribution in [-0.4, -0.2) is 257 Å². The molecule has 143 heavy (non-hydrogen) atoms. The van der Waals surface area contributed by atoms with Gasteiger partial charge in [0.2, 0.25) is 39.5 Å². The fraction of sp³-hybridized carbons (Fsp3) is 0.220. The van der Waals surface area contributed by atoms with Crippen LogP contribution in [0.25, 0.3) is 118 Å². The second kappa shape index (κ2) is 45.3. The third kappa shape index (κ3) is 23.5. The number of aliphatic hydroxyl groups excluding tert-OH is 7. The van der Waals surface area contributed by atoms with Crippen LogP contribution in [0.3, 0.4) is 0 Å². The third-order valence-corrected chi connectivity index (χ3v) is 22.0. The number of aromatic nitrogens is 28. The minimum Gasteiger partial charge on any atom is -0.506 e. The van der Waals surface area contributed by atoms with Crippen molar-refractivity contribution in [1.82, 2.24) is 140 Å². The van der Waals surface area contributed by atoms with Crippen molar-refractivity contribution in [2.45, 2.75) is 105 Å². The molecule has 0 unspecified atom stereocenters. The normalized spacial score (nSPS) is 11.2. The Labute approximate surface area is 813 Å². The number of aldehydes is 1.